The van der Waals surface area contributed by atoms with Gasteiger partial charge in [-0.05, 0) is 43.7 Å². The molecule has 0 radical (unpaired) electrons. The first-order valence-electron chi connectivity index (χ1n) is 9.51. The average molecular weight is 386 g/mol. The Hall–Kier alpha value is -2.96. The van der Waals surface area contributed by atoms with Gasteiger partial charge in [0.05, 0.1) is 27.4 Å². The molecule has 0 aliphatic carbocycles. The molecule has 7 heteroatoms. The molecule has 0 saturated heterocycles. The number of benzene rings is 1. The number of nitrogens with zero attached hydrogens (tertiary/aromatic N) is 2. The monoisotopic (exact) mass is 386 g/mol. The molecule has 0 atom stereocenters. The van der Waals surface area contributed by atoms with Gasteiger partial charge in [-0.15, -0.1) is 0 Å². The van der Waals surface area contributed by atoms with Gasteiger partial charge in [0.15, 0.2) is 17.5 Å². The first-order chi connectivity index (χ1) is 13.7. The number of aliphatic imine (C=N–C) groups is 1. The van der Waals surface area contributed by atoms with Crippen molar-refractivity contribution >= 4 is 5.96 Å². The van der Waals surface area contributed by atoms with Crippen LogP contribution in [0.3, 0.4) is 0 Å². The predicted octanol–water partition coefficient (Wildman–Crippen LogP) is 2.80. The van der Waals surface area contributed by atoms with Crippen LogP contribution in [0.5, 0.6) is 17.2 Å². The highest BCUT2D eigenvalue weighted by Gasteiger charge is 2.13. The topological polar surface area (TPSA) is 77.0 Å². The molecule has 0 bridgehead atoms. The molecule has 28 heavy (non-hydrogen) atoms. The summed E-state index contributed by atoms with van der Waals surface area (Å²) >= 11 is 0. The van der Waals surface area contributed by atoms with Crippen LogP contribution in [-0.2, 0) is 13.0 Å². The molecular formula is C21H30N4O3. The van der Waals surface area contributed by atoms with E-state index in [0.717, 1.165) is 36.7 Å². The third-order valence-corrected chi connectivity index (χ3v) is 3.97. The SMILES string of the molecule is CCNC(=NCc1cc(OC)c(OCC)c(OC)c1)NCCc1ccccn1. The van der Waals surface area contributed by atoms with Gasteiger partial charge >= 0.3 is 0 Å². The molecule has 0 saturated carbocycles. The maximum Gasteiger partial charge on any atom is 0.203 e. The highest BCUT2D eigenvalue weighted by molar-refractivity contribution is 5.79. The first kappa shape index (κ1) is 21.3. The normalized spacial score (nSPS) is 11.1. The number of aromatic nitrogens is 1. The van der Waals surface area contributed by atoms with Gasteiger partial charge in [-0.25, -0.2) is 4.99 Å². The molecule has 152 valence electrons. The van der Waals surface area contributed by atoms with Crippen LogP contribution in [0.25, 0.3) is 0 Å². The fourth-order valence-corrected chi connectivity index (χ4v) is 2.68. The van der Waals surface area contributed by atoms with E-state index in [4.69, 9.17) is 14.2 Å². The predicted molar refractivity (Wildman–Crippen MR) is 111 cm³/mol. The zero-order valence-corrected chi connectivity index (χ0v) is 17.1. The van der Waals surface area contributed by atoms with E-state index in [1.54, 1.807) is 20.4 Å². The second-order valence-corrected chi connectivity index (χ2v) is 5.96. The molecule has 0 amide bonds. The molecule has 0 spiro atoms. The summed E-state index contributed by atoms with van der Waals surface area (Å²) in [5, 5.41) is 6.60. The largest absolute Gasteiger partial charge is 0.493 e. The lowest BCUT2D eigenvalue weighted by atomic mass is 10.2. The summed E-state index contributed by atoms with van der Waals surface area (Å²) in [4.78, 5) is 9.00. The van der Waals surface area contributed by atoms with E-state index >= 15 is 0 Å². The Bertz CT molecular complexity index is 726. The summed E-state index contributed by atoms with van der Waals surface area (Å²) < 4.78 is 16.6. The van der Waals surface area contributed by atoms with Crippen LogP contribution in [0.4, 0.5) is 0 Å². The van der Waals surface area contributed by atoms with Gasteiger partial charge in [-0.1, -0.05) is 6.07 Å². The van der Waals surface area contributed by atoms with E-state index in [2.05, 4.69) is 20.6 Å². The summed E-state index contributed by atoms with van der Waals surface area (Å²) in [5.74, 6) is 2.64. The molecule has 0 aliphatic rings. The van der Waals surface area contributed by atoms with Gasteiger partial charge in [0.2, 0.25) is 5.75 Å². The minimum absolute atomic E-state index is 0.484. The van der Waals surface area contributed by atoms with Gasteiger partial charge in [0.25, 0.3) is 0 Å². The Morgan fingerprint density at radius 1 is 1.07 bits per heavy atom. The Labute approximate surface area is 167 Å². The maximum absolute atomic E-state index is 5.65. The third-order valence-electron chi connectivity index (χ3n) is 3.97. The average Bonchev–Trinajstić information content (AvgIpc) is 2.73. The van der Waals surface area contributed by atoms with E-state index in [-0.39, 0.29) is 0 Å². The summed E-state index contributed by atoms with van der Waals surface area (Å²) in [6.07, 6.45) is 2.64. The number of pyridine rings is 1. The summed E-state index contributed by atoms with van der Waals surface area (Å²) in [7, 11) is 3.24. The molecule has 1 heterocycles. The third kappa shape index (κ3) is 6.33. The van der Waals surface area contributed by atoms with E-state index in [0.29, 0.717) is 30.4 Å². The fourth-order valence-electron chi connectivity index (χ4n) is 2.68. The Morgan fingerprint density at radius 3 is 2.39 bits per heavy atom. The number of rotatable bonds is 10. The fraction of sp³-hybridized carbons (Fsp3) is 0.429. The standard InChI is InChI=1S/C21H30N4O3/c1-5-22-21(24-12-10-17-9-7-8-11-23-17)25-15-16-13-18(26-3)20(28-6-2)19(14-16)27-4/h7-9,11,13-14H,5-6,10,12,15H2,1-4H3,(H2,22,24,25). The molecule has 7 nitrogen and oxygen atoms in total. The van der Waals surface area contributed by atoms with Crippen molar-refractivity contribution in [2.75, 3.05) is 33.9 Å². The lowest BCUT2D eigenvalue weighted by molar-refractivity contribution is 0.288. The van der Waals surface area contributed by atoms with Crippen LogP contribution in [0.1, 0.15) is 25.1 Å². The molecule has 2 aromatic rings. The number of guanidine groups is 1. The lowest BCUT2D eigenvalue weighted by Crippen LogP contribution is -2.38. The molecule has 1 aromatic carbocycles. The second kappa shape index (κ2) is 11.7. The van der Waals surface area contributed by atoms with Crippen LogP contribution in [0.15, 0.2) is 41.5 Å². The zero-order chi connectivity index (χ0) is 20.2. The van der Waals surface area contributed by atoms with Gasteiger partial charge in [-0.3, -0.25) is 4.98 Å². The van der Waals surface area contributed by atoms with Gasteiger partial charge in [0.1, 0.15) is 0 Å². The van der Waals surface area contributed by atoms with Crippen molar-refractivity contribution in [3.63, 3.8) is 0 Å². The Kier molecular flexibility index (Phi) is 8.91. The summed E-state index contributed by atoms with van der Waals surface area (Å²) in [6, 6.07) is 9.78. The highest BCUT2D eigenvalue weighted by Crippen LogP contribution is 2.38. The minimum Gasteiger partial charge on any atom is -0.493 e. The van der Waals surface area contributed by atoms with Gasteiger partial charge in [0, 0.05) is 31.4 Å². The molecular weight excluding hydrogens is 356 g/mol. The van der Waals surface area contributed by atoms with Gasteiger partial charge < -0.3 is 24.8 Å². The molecule has 2 N–H and O–H groups in total. The quantitative estimate of drug-likeness (QED) is 0.483. The zero-order valence-electron chi connectivity index (χ0n) is 17.1. The number of hydrogen-bond donors (Lipinski definition) is 2. The van der Waals surface area contributed by atoms with Crippen LogP contribution in [-0.4, -0.2) is 44.9 Å². The van der Waals surface area contributed by atoms with Crippen molar-refractivity contribution in [3.05, 3.63) is 47.8 Å². The van der Waals surface area contributed by atoms with Crippen LogP contribution in [0.2, 0.25) is 0 Å². The van der Waals surface area contributed by atoms with E-state index < -0.39 is 0 Å². The first-order valence-corrected chi connectivity index (χ1v) is 9.51. The number of hydrogen-bond acceptors (Lipinski definition) is 5. The van der Waals surface area contributed by atoms with Crippen LogP contribution < -0.4 is 24.8 Å². The summed E-state index contributed by atoms with van der Waals surface area (Å²) in [5.41, 5.74) is 2.02. The molecule has 1 aromatic heterocycles. The Morgan fingerprint density at radius 2 is 1.82 bits per heavy atom. The molecule has 0 fully saturated rings. The van der Waals surface area contributed by atoms with E-state index in [1.165, 1.54) is 0 Å². The lowest BCUT2D eigenvalue weighted by Gasteiger charge is -2.15. The maximum atomic E-state index is 5.65. The van der Waals surface area contributed by atoms with Crippen molar-refractivity contribution in [2.24, 2.45) is 4.99 Å². The highest BCUT2D eigenvalue weighted by atomic mass is 16.5. The number of ether oxygens (including phenoxy) is 3. The second-order valence-electron chi connectivity index (χ2n) is 5.96. The van der Waals surface area contributed by atoms with Crippen molar-refractivity contribution in [1.29, 1.82) is 0 Å². The van der Waals surface area contributed by atoms with Crippen molar-refractivity contribution in [3.8, 4) is 17.2 Å². The summed E-state index contributed by atoms with van der Waals surface area (Å²) in [6.45, 7) is 6.52. The van der Waals surface area contributed by atoms with E-state index in [1.807, 2.05) is 44.2 Å². The van der Waals surface area contributed by atoms with Crippen LogP contribution >= 0.6 is 0 Å². The van der Waals surface area contributed by atoms with Gasteiger partial charge in [-0.2, -0.15) is 0 Å². The number of nitrogens with one attached hydrogen (secondary N) is 2. The van der Waals surface area contributed by atoms with Crippen molar-refractivity contribution in [2.45, 2.75) is 26.8 Å². The van der Waals surface area contributed by atoms with E-state index in [9.17, 15) is 0 Å². The van der Waals surface area contributed by atoms with Crippen molar-refractivity contribution < 1.29 is 14.2 Å². The Balaban J connectivity index is 2.06. The molecule has 2 rings (SSSR count). The van der Waals surface area contributed by atoms with Crippen molar-refractivity contribution in [1.82, 2.24) is 15.6 Å². The van der Waals surface area contributed by atoms with Crippen LogP contribution in [0, 0.1) is 0 Å². The minimum atomic E-state index is 0.484. The number of methoxy groups -OCH3 is 2. The smallest absolute Gasteiger partial charge is 0.203 e. The molecule has 0 unspecified atom stereocenters. The molecule has 0 aliphatic heterocycles.